The molecule has 3 N–H and O–H groups in total. The van der Waals surface area contributed by atoms with Gasteiger partial charge in [0.15, 0.2) is 0 Å². The molecule has 0 aliphatic rings. The number of amides is 1. The fourth-order valence-corrected chi connectivity index (χ4v) is 0.531. The van der Waals surface area contributed by atoms with Crippen LogP contribution in [0.2, 0.25) is 0 Å². The highest BCUT2D eigenvalue weighted by atomic mass is 16.1. The maximum absolute atomic E-state index is 10.2. The zero-order valence-electron chi connectivity index (χ0n) is 6.16. The first-order valence-corrected chi connectivity index (χ1v) is 3.27. The molecule has 0 aliphatic heterocycles. The van der Waals surface area contributed by atoms with Crippen LogP contribution in [-0.4, -0.2) is 25.5 Å². The molecule has 0 aromatic rings. The van der Waals surface area contributed by atoms with Crippen LogP contribution in [0.15, 0.2) is 5.11 Å². The van der Waals surface area contributed by atoms with Crippen molar-refractivity contribution in [2.45, 2.75) is 6.42 Å². The molecule has 62 valence electrons. The van der Waals surface area contributed by atoms with Crippen molar-refractivity contribution in [3.8, 4) is 0 Å². The summed E-state index contributed by atoms with van der Waals surface area (Å²) in [4.78, 5) is 12.7. The second-order valence-corrected chi connectivity index (χ2v) is 1.95. The number of hydrogen-bond donors (Lipinski definition) is 2. The molecule has 11 heavy (non-hydrogen) atoms. The van der Waals surface area contributed by atoms with Gasteiger partial charge in [-0.1, -0.05) is 5.11 Å². The number of nitrogens with one attached hydrogen (secondary N) is 1. The molecule has 0 rings (SSSR count). The van der Waals surface area contributed by atoms with Crippen LogP contribution < -0.4 is 11.1 Å². The number of azide groups is 1. The Hall–Kier alpha value is -1.26. The van der Waals surface area contributed by atoms with Crippen LogP contribution in [0.1, 0.15) is 6.42 Å². The van der Waals surface area contributed by atoms with Crippen LogP contribution in [0.3, 0.4) is 0 Å². The summed E-state index contributed by atoms with van der Waals surface area (Å²) in [6.45, 7) is 1.26. The van der Waals surface area contributed by atoms with Crippen LogP contribution in [0.4, 0.5) is 0 Å². The van der Waals surface area contributed by atoms with E-state index in [1.54, 1.807) is 0 Å². The largest absolute Gasteiger partial charge is 0.369 e. The van der Waals surface area contributed by atoms with E-state index in [2.05, 4.69) is 15.3 Å². The number of nitrogens with zero attached hydrogens (tertiary/aromatic N) is 3. The van der Waals surface area contributed by atoms with Crippen molar-refractivity contribution in [3.05, 3.63) is 10.4 Å². The minimum atomic E-state index is -0.381. The van der Waals surface area contributed by atoms with E-state index in [0.29, 0.717) is 13.1 Å². The average Bonchev–Trinajstić information content (AvgIpc) is 1.96. The molecular weight excluding hydrogens is 146 g/mol. The maximum Gasteiger partial charge on any atom is 0.231 e. The third-order valence-electron chi connectivity index (χ3n) is 0.974. The monoisotopic (exact) mass is 157 g/mol. The minimum absolute atomic E-state index is 0.177. The van der Waals surface area contributed by atoms with Crippen LogP contribution in [0, 0.1) is 0 Å². The smallest absolute Gasteiger partial charge is 0.231 e. The predicted octanol–water partition coefficient (Wildman–Crippen LogP) is -0.238. The van der Waals surface area contributed by atoms with Crippen molar-refractivity contribution in [1.82, 2.24) is 5.32 Å². The number of carbonyl (C=O) groups excluding carboxylic acids is 1. The molecule has 0 aromatic heterocycles. The van der Waals surface area contributed by atoms with E-state index < -0.39 is 0 Å². The molecule has 6 heteroatoms. The van der Waals surface area contributed by atoms with E-state index >= 15 is 0 Å². The summed E-state index contributed by atoms with van der Waals surface area (Å²) in [6, 6.07) is 0. The summed E-state index contributed by atoms with van der Waals surface area (Å²) in [5, 5.41) is 6.10. The highest BCUT2D eigenvalue weighted by Crippen LogP contribution is 1.78. The molecular formula is C5H11N5O. The second-order valence-electron chi connectivity index (χ2n) is 1.95. The van der Waals surface area contributed by atoms with Crippen molar-refractivity contribution in [2.75, 3.05) is 19.6 Å². The standard InChI is InChI=1S/C5H11N5O/c6-5(11)4-8-2-1-3-9-10-7/h8H,1-4H2,(H2,6,11). The maximum atomic E-state index is 10.2. The summed E-state index contributed by atoms with van der Waals surface area (Å²) in [6.07, 6.45) is 0.720. The van der Waals surface area contributed by atoms with E-state index in [-0.39, 0.29) is 12.5 Å². The first-order chi connectivity index (χ1) is 5.27. The summed E-state index contributed by atoms with van der Waals surface area (Å²) in [5.74, 6) is -0.381. The normalized spacial score (nSPS) is 8.73. The molecule has 0 radical (unpaired) electrons. The molecule has 0 spiro atoms. The van der Waals surface area contributed by atoms with Crippen molar-refractivity contribution < 1.29 is 4.79 Å². The molecule has 0 fully saturated rings. The topological polar surface area (TPSA) is 104 Å². The van der Waals surface area contributed by atoms with Gasteiger partial charge in [-0.25, -0.2) is 0 Å². The van der Waals surface area contributed by atoms with Gasteiger partial charge >= 0.3 is 0 Å². The fourth-order valence-electron chi connectivity index (χ4n) is 0.531. The number of nitrogens with two attached hydrogens (primary N) is 1. The van der Waals surface area contributed by atoms with Gasteiger partial charge in [-0.3, -0.25) is 4.79 Å². The molecule has 0 aromatic carbocycles. The van der Waals surface area contributed by atoms with E-state index in [1.165, 1.54) is 0 Å². The zero-order chi connectivity index (χ0) is 8.53. The van der Waals surface area contributed by atoms with Crippen molar-refractivity contribution in [2.24, 2.45) is 10.8 Å². The van der Waals surface area contributed by atoms with Gasteiger partial charge in [-0.05, 0) is 18.5 Å². The molecule has 6 nitrogen and oxygen atoms in total. The van der Waals surface area contributed by atoms with Gasteiger partial charge in [0, 0.05) is 11.5 Å². The Bertz CT molecular complexity index is 158. The molecule has 0 bridgehead atoms. The Kier molecular flexibility index (Phi) is 6.07. The van der Waals surface area contributed by atoms with Crippen LogP contribution in [0.5, 0.6) is 0 Å². The Labute approximate surface area is 64.4 Å². The van der Waals surface area contributed by atoms with Gasteiger partial charge in [0.2, 0.25) is 5.91 Å². The number of rotatable bonds is 6. The quantitative estimate of drug-likeness (QED) is 0.240. The van der Waals surface area contributed by atoms with Gasteiger partial charge in [0.1, 0.15) is 0 Å². The average molecular weight is 157 g/mol. The molecule has 0 saturated heterocycles. The lowest BCUT2D eigenvalue weighted by Crippen LogP contribution is -2.29. The third-order valence-corrected chi connectivity index (χ3v) is 0.974. The molecule has 0 saturated carbocycles. The van der Waals surface area contributed by atoms with Crippen LogP contribution in [0.25, 0.3) is 10.4 Å². The Morgan fingerprint density at radius 2 is 2.45 bits per heavy atom. The van der Waals surface area contributed by atoms with Gasteiger partial charge < -0.3 is 11.1 Å². The molecule has 0 atom stereocenters. The van der Waals surface area contributed by atoms with Crippen molar-refractivity contribution >= 4 is 5.91 Å². The van der Waals surface area contributed by atoms with Gasteiger partial charge in [-0.15, -0.1) is 0 Å². The van der Waals surface area contributed by atoms with Crippen molar-refractivity contribution in [1.29, 1.82) is 0 Å². The van der Waals surface area contributed by atoms with Crippen LogP contribution in [-0.2, 0) is 4.79 Å². The lowest BCUT2D eigenvalue weighted by atomic mass is 10.4. The van der Waals surface area contributed by atoms with E-state index in [9.17, 15) is 4.79 Å². The van der Waals surface area contributed by atoms with Gasteiger partial charge in [-0.2, -0.15) is 0 Å². The minimum Gasteiger partial charge on any atom is -0.369 e. The Balaban J connectivity index is 3.02. The zero-order valence-corrected chi connectivity index (χ0v) is 6.16. The molecule has 1 amide bonds. The van der Waals surface area contributed by atoms with E-state index in [0.717, 1.165) is 6.42 Å². The predicted molar refractivity (Wildman–Crippen MR) is 40.7 cm³/mol. The summed E-state index contributed by atoms with van der Waals surface area (Å²) in [7, 11) is 0. The van der Waals surface area contributed by atoms with E-state index in [1.807, 2.05) is 0 Å². The number of carbonyl (C=O) groups is 1. The SMILES string of the molecule is [N-]=[N+]=NCCCNCC(N)=O. The lowest BCUT2D eigenvalue weighted by molar-refractivity contribution is -0.117. The van der Waals surface area contributed by atoms with Crippen molar-refractivity contribution in [3.63, 3.8) is 0 Å². The Morgan fingerprint density at radius 3 is 3.00 bits per heavy atom. The first-order valence-electron chi connectivity index (χ1n) is 3.27. The summed E-state index contributed by atoms with van der Waals surface area (Å²) >= 11 is 0. The molecule has 0 unspecified atom stereocenters. The lowest BCUT2D eigenvalue weighted by Gasteiger charge is -1.97. The van der Waals surface area contributed by atoms with Gasteiger partial charge in [0.25, 0.3) is 0 Å². The second kappa shape index (κ2) is 6.85. The van der Waals surface area contributed by atoms with E-state index in [4.69, 9.17) is 11.3 Å². The first kappa shape index (κ1) is 9.74. The number of hydrogen-bond acceptors (Lipinski definition) is 3. The summed E-state index contributed by atoms with van der Waals surface area (Å²) < 4.78 is 0. The third kappa shape index (κ3) is 8.74. The van der Waals surface area contributed by atoms with Crippen LogP contribution >= 0.6 is 0 Å². The highest BCUT2D eigenvalue weighted by molar-refractivity contribution is 5.75. The fraction of sp³-hybridized carbons (Fsp3) is 0.800. The Morgan fingerprint density at radius 1 is 1.73 bits per heavy atom. The van der Waals surface area contributed by atoms with Gasteiger partial charge in [0.05, 0.1) is 6.54 Å². The summed E-state index contributed by atoms with van der Waals surface area (Å²) in [5.41, 5.74) is 12.7. The highest BCUT2D eigenvalue weighted by Gasteiger charge is 1.90. The number of primary amides is 1. The molecule has 0 aliphatic carbocycles. The molecule has 0 heterocycles.